The molecule has 0 fully saturated rings. The summed E-state index contributed by atoms with van der Waals surface area (Å²) in [6.07, 6.45) is 0.190. The molecule has 0 aliphatic carbocycles. The first-order chi connectivity index (χ1) is 11.1. The second kappa shape index (κ2) is 8.96. The van der Waals surface area contributed by atoms with Crippen LogP contribution in [0.2, 0.25) is 10.0 Å². The highest BCUT2D eigenvalue weighted by atomic mass is 35.5. The highest BCUT2D eigenvalue weighted by Crippen LogP contribution is 2.30. The fourth-order valence-corrected chi connectivity index (χ4v) is 3.18. The third-order valence-corrected chi connectivity index (χ3v) is 4.65. The molecule has 120 valence electrons. The molecule has 0 unspecified atom stereocenters. The number of carbonyl (C=O) groups excluding carboxylic acids is 2. The van der Waals surface area contributed by atoms with Crippen molar-refractivity contribution in [2.24, 2.45) is 0 Å². The Bertz CT molecular complexity index is 689. The van der Waals surface area contributed by atoms with Crippen molar-refractivity contribution in [1.29, 1.82) is 0 Å². The van der Waals surface area contributed by atoms with Crippen LogP contribution in [0.3, 0.4) is 0 Å². The molecule has 0 spiro atoms. The molecule has 0 radical (unpaired) electrons. The van der Waals surface area contributed by atoms with Crippen LogP contribution in [-0.4, -0.2) is 24.1 Å². The van der Waals surface area contributed by atoms with Crippen molar-refractivity contribution in [3.63, 3.8) is 0 Å². The molecule has 2 aromatic rings. The minimum Gasteiger partial charge on any atom is -0.457 e. The lowest BCUT2D eigenvalue weighted by molar-refractivity contribution is -0.141. The molecule has 0 heterocycles. The molecule has 6 heteroatoms. The van der Waals surface area contributed by atoms with Gasteiger partial charge in [0.05, 0.1) is 11.4 Å². The predicted molar refractivity (Wildman–Crippen MR) is 93.5 cm³/mol. The fourth-order valence-electron chi connectivity index (χ4n) is 1.76. The van der Waals surface area contributed by atoms with Crippen molar-refractivity contribution >= 4 is 46.7 Å². The lowest BCUT2D eigenvalue weighted by Crippen LogP contribution is -2.14. The van der Waals surface area contributed by atoms with Crippen molar-refractivity contribution in [2.75, 3.05) is 12.4 Å². The van der Waals surface area contributed by atoms with E-state index in [-0.39, 0.29) is 18.8 Å². The summed E-state index contributed by atoms with van der Waals surface area (Å²) >= 11 is 13.4. The summed E-state index contributed by atoms with van der Waals surface area (Å²) in [5, 5.41) is 1.18. The van der Waals surface area contributed by atoms with Gasteiger partial charge in [-0.25, -0.2) is 0 Å². The van der Waals surface area contributed by atoms with Gasteiger partial charge < -0.3 is 4.74 Å². The Kier molecular flexibility index (Phi) is 6.96. The first-order valence-corrected chi connectivity index (χ1v) is 8.62. The average molecular weight is 369 g/mol. The first kappa shape index (κ1) is 17.9. The van der Waals surface area contributed by atoms with Crippen LogP contribution in [0.15, 0.2) is 53.4 Å². The van der Waals surface area contributed by atoms with Gasteiger partial charge in [-0.3, -0.25) is 9.59 Å². The van der Waals surface area contributed by atoms with E-state index in [4.69, 9.17) is 27.9 Å². The normalized spacial score (nSPS) is 10.3. The standard InChI is InChI=1S/C17H14Cl2O3S/c18-13-6-7-14(19)16(10-13)23-9-8-17(21)22-11-15(20)12-4-2-1-3-5-12/h1-7,10H,8-9,11H2. The Hall–Kier alpha value is -1.49. The summed E-state index contributed by atoms with van der Waals surface area (Å²) in [7, 11) is 0. The SMILES string of the molecule is O=C(CCSc1cc(Cl)ccc1Cl)OCC(=O)c1ccccc1. The van der Waals surface area contributed by atoms with Crippen molar-refractivity contribution in [3.05, 3.63) is 64.1 Å². The molecule has 23 heavy (non-hydrogen) atoms. The van der Waals surface area contributed by atoms with Gasteiger partial charge in [-0.2, -0.15) is 0 Å². The summed E-state index contributed by atoms with van der Waals surface area (Å²) in [5.41, 5.74) is 0.528. The monoisotopic (exact) mass is 368 g/mol. The van der Waals surface area contributed by atoms with Gasteiger partial charge in [0.1, 0.15) is 0 Å². The molecule has 0 saturated carbocycles. The van der Waals surface area contributed by atoms with Crippen LogP contribution in [0.25, 0.3) is 0 Å². The number of carbonyl (C=O) groups is 2. The van der Waals surface area contributed by atoms with Crippen molar-refractivity contribution in [3.8, 4) is 0 Å². The minimum absolute atomic E-state index is 0.190. The highest BCUT2D eigenvalue weighted by molar-refractivity contribution is 7.99. The van der Waals surface area contributed by atoms with Crippen LogP contribution in [0.4, 0.5) is 0 Å². The quantitative estimate of drug-likeness (QED) is 0.396. The predicted octanol–water partition coefficient (Wildman–Crippen LogP) is 4.90. The van der Waals surface area contributed by atoms with Gasteiger partial charge in [-0.1, -0.05) is 53.5 Å². The number of esters is 1. The number of hydrogen-bond donors (Lipinski definition) is 0. The molecule has 0 aliphatic heterocycles. The van der Waals surface area contributed by atoms with Crippen LogP contribution in [0.5, 0.6) is 0 Å². The zero-order chi connectivity index (χ0) is 16.7. The van der Waals surface area contributed by atoms with E-state index < -0.39 is 5.97 Å². The number of ether oxygens (including phenoxy) is 1. The lowest BCUT2D eigenvalue weighted by Gasteiger charge is -2.06. The van der Waals surface area contributed by atoms with Crippen molar-refractivity contribution in [2.45, 2.75) is 11.3 Å². The number of ketones is 1. The summed E-state index contributed by atoms with van der Waals surface area (Å²) in [6.45, 7) is -0.245. The van der Waals surface area contributed by atoms with E-state index in [1.807, 2.05) is 6.07 Å². The van der Waals surface area contributed by atoms with E-state index in [1.165, 1.54) is 11.8 Å². The summed E-state index contributed by atoms with van der Waals surface area (Å²) in [5.74, 6) is -0.136. The molecule has 0 aromatic heterocycles. The van der Waals surface area contributed by atoms with Gasteiger partial charge in [-0.05, 0) is 18.2 Å². The third kappa shape index (κ3) is 5.90. The average Bonchev–Trinajstić information content (AvgIpc) is 2.56. The van der Waals surface area contributed by atoms with Gasteiger partial charge in [0.2, 0.25) is 0 Å². The molecular weight excluding hydrogens is 355 g/mol. The van der Waals surface area contributed by atoms with E-state index in [0.717, 1.165) is 4.90 Å². The van der Waals surface area contributed by atoms with Crippen molar-refractivity contribution < 1.29 is 14.3 Å². The number of benzene rings is 2. The highest BCUT2D eigenvalue weighted by Gasteiger charge is 2.10. The smallest absolute Gasteiger partial charge is 0.307 e. The van der Waals surface area contributed by atoms with Gasteiger partial charge in [0.15, 0.2) is 12.4 Å². The topological polar surface area (TPSA) is 43.4 Å². The molecular formula is C17H14Cl2O3S. The number of thioether (sulfide) groups is 1. The van der Waals surface area contributed by atoms with E-state index in [1.54, 1.807) is 42.5 Å². The molecule has 0 amide bonds. The number of halogens is 2. The summed E-state index contributed by atoms with van der Waals surface area (Å²) in [4.78, 5) is 24.3. The van der Waals surface area contributed by atoms with E-state index in [0.29, 0.717) is 21.4 Å². The summed E-state index contributed by atoms with van der Waals surface area (Å²) in [6, 6.07) is 13.9. The molecule has 3 nitrogen and oxygen atoms in total. The fraction of sp³-hybridized carbons (Fsp3) is 0.176. The molecule has 2 rings (SSSR count). The number of rotatable bonds is 7. The Morgan fingerprint density at radius 2 is 1.78 bits per heavy atom. The van der Waals surface area contributed by atoms with E-state index in [9.17, 15) is 9.59 Å². The molecule has 0 saturated heterocycles. The van der Waals surface area contributed by atoms with Crippen LogP contribution < -0.4 is 0 Å². The maximum Gasteiger partial charge on any atom is 0.307 e. The number of Topliss-reactive ketones (excluding diaryl/α,β-unsaturated/α-hetero) is 1. The van der Waals surface area contributed by atoms with E-state index in [2.05, 4.69) is 0 Å². The molecule has 2 aromatic carbocycles. The Morgan fingerprint density at radius 3 is 2.52 bits per heavy atom. The maximum atomic E-state index is 11.8. The maximum absolute atomic E-state index is 11.8. The second-order valence-corrected chi connectivity index (χ2v) is 6.60. The third-order valence-electron chi connectivity index (χ3n) is 2.92. The zero-order valence-electron chi connectivity index (χ0n) is 12.1. The van der Waals surface area contributed by atoms with E-state index >= 15 is 0 Å². The number of hydrogen-bond acceptors (Lipinski definition) is 4. The minimum atomic E-state index is -0.417. The zero-order valence-corrected chi connectivity index (χ0v) is 14.5. The van der Waals surface area contributed by atoms with Gasteiger partial charge in [0.25, 0.3) is 0 Å². The van der Waals surface area contributed by atoms with Crippen LogP contribution >= 0.6 is 35.0 Å². The van der Waals surface area contributed by atoms with Crippen LogP contribution in [-0.2, 0) is 9.53 Å². The lowest BCUT2D eigenvalue weighted by atomic mass is 10.1. The largest absolute Gasteiger partial charge is 0.457 e. The van der Waals surface area contributed by atoms with Crippen molar-refractivity contribution in [1.82, 2.24) is 0 Å². The Morgan fingerprint density at radius 1 is 1.04 bits per heavy atom. The van der Waals surface area contributed by atoms with Gasteiger partial charge in [0, 0.05) is 21.2 Å². The molecule has 0 bridgehead atoms. The van der Waals surface area contributed by atoms with Crippen LogP contribution in [0, 0.1) is 0 Å². The summed E-state index contributed by atoms with van der Waals surface area (Å²) < 4.78 is 4.99. The van der Waals surface area contributed by atoms with Gasteiger partial charge >= 0.3 is 5.97 Å². The molecule has 0 N–H and O–H groups in total. The van der Waals surface area contributed by atoms with Crippen LogP contribution in [0.1, 0.15) is 16.8 Å². The first-order valence-electron chi connectivity index (χ1n) is 6.88. The molecule has 0 aliphatic rings. The molecule has 0 atom stereocenters. The second-order valence-electron chi connectivity index (χ2n) is 4.62. The Labute approximate surface area is 148 Å². The Balaban J connectivity index is 1.73. The van der Waals surface area contributed by atoms with Gasteiger partial charge in [-0.15, -0.1) is 11.8 Å².